The van der Waals surface area contributed by atoms with Gasteiger partial charge in [-0.1, -0.05) is 38.3 Å². The lowest BCUT2D eigenvalue weighted by Gasteiger charge is -2.47. The fourth-order valence-corrected chi connectivity index (χ4v) is 4.79. The number of ether oxygens (including phenoxy) is 2. The summed E-state index contributed by atoms with van der Waals surface area (Å²) in [5.41, 5.74) is 3.52. The molecule has 154 valence electrons. The second-order valence-electron chi connectivity index (χ2n) is 9.10. The molecule has 3 rings (SSSR count). The molecule has 2 atom stereocenters. The molecule has 1 heterocycles. The zero-order valence-corrected chi connectivity index (χ0v) is 18.3. The highest BCUT2D eigenvalue weighted by Crippen LogP contribution is 2.54. The lowest BCUT2D eigenvalue weighted by atomic mass is 9.67. The number of hydrogen-bond acceptors (Lipinski definition) is 3. The smallest absolute Gasteiger partial charge is 0.311 e. The Hall–Kier alpha value is -1.77. The van der Waals surface area contributed by atoms with Crippen LogP contribution in [0.4, 0.5) is 0 Å². The summed E-state index contributed by atoms with van der Waals surface area (Å²) in [5.74, 6) is 2.27. The average molecular weight is 385 g/mol. The van der Waals surface area contributed by atoms with Crippen LogP contribution in [0.5, 0.6) is 11.5 Å². The molecule has 28 heavy (non-hydrogen) atoms. The van der Waals surface area contributed by atoms with E-state index < -0.39 is 0 Å². The summed E-state index contributed by atoms with van der Waals surface area (Å²) in [5, 5.41) is 0. The van der Waals surface area contributed by atoms with Crippen LogP contribution in [0.25, 0.3) is 0 Å². The number of rotatable bonds is 7. The van der Waals surface area contributed by atoms with Crippen LogP contribution >= 0.6 is 0 Å². The van der Waals surface area contributed by atoms with E-state index in [4.69, 9.17) is 9.47 Å². The van der Waals surface area contributed by atoms with Crippen molar-refractivity contribution in [2.45, 2.75) is 97.5 Å². The van der Waals surface area contributed by atoms with Crippen molar-refractivity contribution in [3.8, 4) is 11.5 Å². The number of benzene rings is 1. The summed E-state index contributed by atoms with van der Waals surface area (Å²) in [6.45, 7) is 10.8. The van der Waals surface area contributed by atoms with Gasteiger partial charge in [0.2, 0.25) is 0 Å². The third kappa shape index (κ3) is 4.45. The van der Waals surface area contributed by atoms with Crippen molar-refractivity contribution in [3.63, 3.8) is 0 Å². The molecule has 1 aromatic rings. The topological polar surface area (TPSA) is 35.5 Å². The summed E-state index contributed by atoms with van der Waals surface area (Å²) in [4.78, 5) is 12.3. The second-order valence-corrected chi connectivity index (χ2v) is 9.10. The van der Waals surface area contributed by atoms with Crippen molar-refractivity contribution in [1.29, 1.82) is 0 Å². The zero-order valence-electron chi connectivity index (χ0n) is 18.3. The standard InChI is InChI=1S/C25H36O3/c1-6-8-9-11-18-15-21(27-23(26)10-7-2)24-19-14-17(3)12-13-20(19)25(4,5)28-22(24)16-18/h12,15-16,19-20H,6-11,13-14H2,1-5H3. The Morgan fingerprint density at radius 2 is 2.00 bits per heavy atom. The van der Waals surface area contributed by atoms with Crippen molar-refractivity contribution < 1.29 is 14.3 Å². The molecule has 0 spiro atoms. The van der Waals surface area contributed by atoms with Crippen molar-refractivity contribution in [1.82, 2.24) is 0 Å². The monoisotopic (exact) mass is 384 g/mol. The van der Waals surface area contributed by atoms with Crippen molar-refractivity contribution in [2.24, 2.45) is 5.92 Å². The van der Waals surface area contributed by atoms with Gasteiger partial charge in [-0.15, -0.1) is 0 Å². The first-order valence-corrected chi connectivity index (χ1v) is 11.1. The second kappa shape index (κ2) is 8.71. The van der Waals surface area contributed by atoms with E-state index in [9.17, 15) is 4.79 Å². The van der Waals surface area contributed by atoms with Gasteiger partial charge in [-0.05, 0) is 70.6 Å². The maximum atomic E-state index is 12.3. The van der Waals surface area contributed by atoms with Crippen molar-refractivity contribution >= 4 is 5.97 Å². The number of carbonyl (C=O) groups excluding carboxylic acids is 1. The largest absolute Gasteiger partial charge is 0.487 e. The number of unbranched alkanes of at least 4 members (excludes halogenated alkanes) is 2. The van der Waals surface area contributed by atoms with Crippen LogP contribution in [0.1, 0.15) is 96.6 Å². The van der Waals surface area contributed by atoms with E-state index in [2.05, 4.69) is 45.9 Å². The Labute approximate surface area is 170 Å². The van der Waals surface area contributed by atoms with E-state index in [1.165, 1.54) is 24.0 Å². The number of allylic oxidation sites excluding steroid dienone is 2. The summed E-state index contributed by atoms with van der Waals surface area (Å²) in [7, 11) is 0. The van der Waals surface area contributed by atoms with E-state index in [1.807, 2.05) is 6.92 Å². The predicted octanol–water partition coefficient (Wildman–Crippen LogP) is 6.74. The quantitative estimate of drug-likeness (QED) is 0.226. The summed E-state index contributed by atoms with van der Waals surface area (Å²) < 4.78 is 12.4. The van der Waals surface area contributed by atoms with Crippen LogP contribution in [0, 0.1) is 5.92 Å². The van der Waals surface area contributed by atoms with Crippen LogP contribution in [0.2, 0.25) is 0 Å². The molecular formula is C25H36O3. The van der Waals surface area contributed by atoms with Gasteiger partial charge in [0.05, 0.1) is 0 Å². The molecule has 3 nitrogen and oxygen atoms in total. The zero-order chi connectivity index (χ0) is 20.3. The lowest BCUT2D eigenvalue weighted by Crippen LogP contribution is -2.45. The summed E-state index contributed by atoms with van der Waals surface area (Å²) in [6, 6.07) is 4.31. The van der Waals surface area contributed by atoms with Gasteiger partial charge in [-0.2, -0.15) is 0 Å². The lowest BCUT2D eigenvalue weighted by molar-refractivity contribution is -0.134. The Balaban J connectivity index is 2.03. The van der Waals surface area contributed by atoms with E-state index in [1.54, 1.807) is 0 Å². The van der Waals surface area contributed by atoms with E-state index >= 15 is 0 Å². The van der Waals surface area contributed by atoms with Crippen LogP contribution in [-0.2, 0) is 11.2 Å². The van der Waals surface area contributed by atoms with Gasteiger partial charge in [-0.25, -0.2) is 0 Å². The number of hydrogen-bond donors (Lipinski definition) is 0. The van der Waals surface area contributed by atoms with Gasteiger partial charge in [0, 0.05) is 23.8 Å². The molecule has 0 aromatic heterocycles. The minimum atomic E-state index is -0.221. The SMILES string of the molecule is CCCCCc1cc(OC(=O)CCC)c2c(c1)OC(C)(C)C1CC=C(C)CC21. The minimum absolute atomic E-state index is 0.139. The third-order valence-electron chi connectivity index (χ3n) is 6.30. The maximum absolute atomic E-state index is 12.3. The Kier molecular flexibility index (Phi) is 6.52. The Morgan fingerprint density at radius 3 is 2.71 bits per heavy atom. The Bertz CT molecular complexity index is 744. The van der Waals surface area contributed by atoms with Crippen molar-refractivity contribution in [2.75, 3.05) is 0 Å². The Morgan fingerprint density at radius 1 is 1.21 bits per heavy atom. The molecule has 0 saturated carbocycles. The first-order chi connectivity index (χ1) is 13.4. The van der Waals surface area contributed by atoms with Crippen molar-refractivity contribution in [3.05, 3.63) is 34.9 Å². The highest BCUT2D eigenvalue weighted by molar-refractivity contribution is 5.73. The minimum Gasteiger partial charge on any atom is -0.487 e. The maximum Gasteiger partial charge on any atom is 0.311 e. The molecule has 1 aliphatic heterocycles. The average Bonchev–Trinajstić information content (AvgIpc) is 2.61. The van der Waals surface area contributed by atoms with E-state index in [-0.39, 0.29) is 11.6 Å². The molecule has 0 bridgehead atoms. The van der Waals surface area contributed by atoms with Gasteiger partial charge in [0.15, 0.2) is 0 Å². The molecule has 0 radical (unpaired) electrons. The highest BCUT2D eigenvalue weighted by atomic mass is 16.5. The first kappa shape index (κ1) is 21.0. The molecule has 1 aromatic carbocycles. The summed E-state index contributed by atoms with van der Waals surface area (Å²) >= 11 is 0. The molecule has 0 saturated heterocycles. The van der Waals surface area contributed by atoms with Crippen LogP contribution in [0.15, 0.2) is 23.8 Å². The fourth-order valence-electron chi connectivity index (χ4n) is 4.79. The fraction of sp³-hybridized carbons (Fsp3) is 0.640. The van der Waals surface area contributed by atoms with Gasteiger partial charge in [0.25, 0.3) is 0 Å². The van der Waals surface area contributed by atoms with Gasteiger partial charge >= 0.3 is 5.97 Å². The summed E-state index contributed by atoms with van der Waals surface area (Å²) in [6.07, 6.45) is 10.2. The number of fused-ring (bicyclic) bond motifs is 3. The van der Waals surface area contributed by atoms with E-state index in [0.717, 1.165) is 49.2 Å². The normalized spacial score (nSPS) is 22.5. The molecule has 0 amide bonds. The van der Waals surface area contributed by atoms with Crippen LogP contribution in [-0.4, -0.2) is 11.6 Å². The molecule has 0 N–H and O–H groups in total. The number of carbonyl (C=O) groups is 1. The van der Waals surface area contributed by atoms with Gasteiger partial charge in [-0.3, -0.25) is 4.79 Å². The predicted molar refractivity (Wildman–Crippen MR) is 114 cm³/mol. The van der Waals surface area contributed by atoms with Crippen LogP contribution in [0.3, 0.4) is 0 Å². The molecule has 3 heteroatoms. The highest BCUT2D eigenvalue weighted by Gasteiger charge is 2.46. The molecule has 2 aliphatic rings. The van der Waals surface area contributed by atoms with Crippen LogP contribution < -0.4 is 9.47 Å². The first-order valence-electron chi connectivity index (χ1n) is 11.1. The molecule has 0 fully saturated rings. The van der Waals surface area contributed by atoms with E-state index in [0.29, 0.717) is 18.3 Å². The number of esters is 1. The van der Waals surface area contributed by atoms with Gasteiger partial charge < -0.3 is 9.47 Å². The molecule has 2 unspecified atom stereocenters. The third-order valence-corrected chi connectivity index (χ3v) is 6.30. The number of aryl methyl sites for hydroxylation is 1. The molecule has 1 aliphatic carbocycles. The van der Waals surface area contributed by atoms with Gasteiger partial charge in [0.1, 0.15) is 17.1 Å². The molecular weight excluding hydrogens is 348 g/mol.